The van der Waals surface area contributed by atoms with Crippen molar-refractivity contribution in [2.75, 3.05) is 6.61 Å². The Morgan fingerprint density at radius 1 is 1.45 bits per heavy atom. The molecule has 5 nitrogen and oxygen atoms in total. The highest BCUT2D eigenvalue weighted by molar-refractivity contribution is 9.10. The van der Waals surface area contributed by atoms with Gasteiger partial charge in [-0.2, -0.15) is 9.37 Å². The summed E-state index contributed by atoms with van der Waals surface area (Å²) in [6, 6.07) is 2.15. The standard InChI is InChI=1S/C12H8BrF2NO4/c1-2-18-11(17)8-5-19-12(16-8)20-9-4-6(13)3-7(14)10(9)15/h3-5H,2H2,1H3. The number of aromatic nitrogens is 1. The van der Waals surface area contributed by atoms with Gasteiger partial charge in [0.05, 0.1) is 6.61 Å². The third-order valence-corrected chi connectivity index (χ3v) is 2.58. The first-order valence-electron chi connectivity index (χ1n) is 5.46. The van der Waals surface area contributed by atoms with Crippen molar-refractivity contribution in [3.63, 3.8) is 0 Å². The summed E-state index contributed by atoms with van der Waals surface area (Å²) in [5.74, 6) is -3.41. The summed E-state index contributed by atoms with van der Waals surface area (Å²) in [5.41, 5.74) is -0.127. The lowest BCUT2D eigenvalue weighted by Gasteiger charge is -2.03. The summed E-state index contributed by atoms with van der Waals surface area (Å²) in [6.45, 7) is 1.81. The highest BCUT2D eigenvalue weighted by Crippen LogP contribution is 2.29. The molecule has 0 unspecified atom stereocenters. The van der Waals surface area contributed by atoms with Gasteiger partial charge < -0.3 is 13.9 Å². The summed E-state index contributed by atoms with van der Waals surface area (Å²) in [7, 11) is 0. The maximum Gasteiger partial charge on any atom is 0.400 e. The van der Waals surface area contributed by atoms with Crippen LogP contribution in [-0.4, -0.2) is 17.6 Å². The SMILES string of the molecule is CCOC(=O)c1coc(Oc2cc(Br)cc(F)c2F)n1. The Bertz CT molecular complexity index is 644. The first-order valence-corrected chi connectivity index (χ1v) is 6.25. The quantitative estimate of drug-likeness (QED) is 0.623. The Morgan fingerprint density at radius 2 is 2.20 bits per heavy atom. The Hall–Kier alpha value is -1.96. The van der Waals surface area contributed by atoms with Gasteiger partial charge in [0.25, 0.3) is 0 Å². The Morgan fingerprint density at radius 3 is 2.90 bits per heavy atom. The molecule has 0 spiro atoms. The van der Waals surface area contributed by atoms with E-state index in [1.54, 1.807) is 6.92 Å². The lowest BCUT2D eigenvalue weighted by atomic mass is 10.3. The predicted octanol–water partition coefficient (Wildman–Crippen LogP) is 3.68. The van der Waals surface area contributed by atoms with E-state index in [0.29, 0.717) is 0 Å². The number of rotatable bonds is 4. The topological polar surface area (TPSA) is 61.6 Å². The van der Waals surface area contributed by atoms with E-state index in [-0.39, 0.29) is 16.8 Å². The van der Waals surface area contributed by atoms with Gasteiger partial charge in [-0.1, -0.05) is 15.9 Å². The van der Waals surface area contributed by atoms with Crippen LogP contribution in [0.5, 0.6) is 11.8 Å². The summed E-state index contributed by atoms with van der Waals surface area (Å²) < 4.78 is 41.4. The van der Waals surface area contributed by atoms with Gasteiger partial charge >= 0.3 is 12.0 Å². The van der Waals surface area contributed by atoms with Crippen molar-refractivity contribution in [1.82, 2.24) is 4.98 Å². The second-order valence-electron chi connectivity index (χ2n) is 3.52. The van der Waals surface area contributed by atoms with Crippen molar-refractivity contribution in [2.24, 2.45) is 0 Å². The molecule has 0 saturated heterocycles. The molecule has 0 aliphatic rings. The first-order chi connectivity index (χ1) is 9.51. The molecule has 1 aromatic carbocycles. The van der Waals surface area contributed by atoms with Crippen molar-refractivity contribution >= 4 is 21.9 Å². The van der Waals surface area contributed by atoms with E-state index in [1.165, 1.54) is 6.07 Å². The average molecular weight is 348 g/mol. The van der Waals surface area contributed by atoms with E-state index in [1.807, 2.05) is 0 Å². The third kappa shape index (κ3) is 3.13. The molecule has 0 N–H and O–H groups in total. The normalized spacial score (nSPS) is 10.4. The van der Waals surface area contributed by atoms with E-state index in [0.717, 1.165) is 12.3 Å². The van der Waals surface area contributed by atoms with Crippen LogP contribution in [0.4, 0.5) is 8.78 Å². The number of carbonyl (C=O) groups is 1. The van der Waals surface area contributed by atoms with Gasteiger partial charge in [-0.3, -0.25) is 0 Å². The van der Waals surface area contributed by atoms with Crippen molar-refractivity contribution in [3.05, 3.63) is 40.2 Å². The molecule has 1 heterocycles. The molecule has 2 aromatic rings. The van der Waals surface area contributed by atoms with E-state index >= 15 is 0 Å². The van der Waals surface area contributed by atoms with Crippen LogP contribution >= 0.6 is 15.9 Å². The van der Waals surface area contributed by atoms with Gasteiger partial charge in [0.15, 0.2) is 17.3 Å². The van der Waals surface area contributed by atoms with Gasteiger partial charge in [0.1, 0.15) is 6.26 Å². The van der Waals surface area contributed by atoms with Crippen molar-refractivity contribution < 1.29 is 27.5 Å². The molecule has 0 bridgehead atoms. The number of oxazole rings is 1. The van der Waals surface area contributed by atoms with Crippen LogP contribution in [0.1, 0.15) is 17.4 Å². The molecular weight excluding hydrogens is 340 g/mol. The highest BCUT2D eigenvalue weighted by atomic mass is 79.9. The fraction of sp³-hybridized carbons (Fsp3) is 0.167. The zero-order valence-corrected chi connectivity index (χ0v) is 11.7. The fourth-order valence-corrected chi connectivity index (χ4v) is 1.71. The van der Waals surface area contributed by atoms with Crippen molar-refractivity contribution in [1.29, 1.82) is 0 Å². The Balaban J connectivity index is 2.21. The monoisotopic (exact) mass is 347 g/mol. The maximum atomic E-state index is 13.5. The third-order valence-electron chi connectivity index (χ3n) is 2.12. The predicted molar refractivity (Wildman–Crippen MR) is 66.6 cm³/mol. The molecule has 0 fully saturated rings. The zero-order valence-electron chi connectivity index (χ0n) is 10.2. The minimum atomic E-state index is -1.19. The number of nitrogens with zero attached hydrogens (tertiary/aromatic N) is 1. The van der Waals surface area contributed by atoms with Crippen LogP contribution < -0.4 is 4.74 Å². The lowest BCUT2D eigenvalue weighted by molar-refractivity contribution is 0.0519. The smallest absolute Gasteiger partial charge is 0.400 e. The largest absolute Gasteiger partial charge is 0.461 e. The summed E-state index contributed by atoms with van der Waals surface area (Å²) >= 11 is 3.00. The first kappa shape index (κ1) is 14.4. The van der Waals surface area contributed by atoms with Gasteiger partial charge in [0.2, 0.25) is 5.82 Å². The molecule has 1 aromatic heterocycles. The molecule has 2 rings (SSSR count). The number of carbonyl (C=O) groups excluding carboxylic acids is 1. The van der Waals surface area contributed by atoms with Crippen molar-refractivity contribution in [2.45, 2.75) is 6.92 Å². The van der Waals surface area contributed by atoms with Crippen molar-refractivity contribution in [3.8, 4) is 11.8 Å². The molecule has 0 saturated carbocycles. The molecular formula is C12H8BrF2NO4. The Kier molecular flexibility index (Phi) is 4.33. The maximum absolute atomic E-state index is 13.5. The molecule has 106 valence electrons. The number of benzene rings is 1. The van der Waals surface area contributed by atoms with Crippen LogP contribution in [0.2, 0.25) is 0 Å². The molecule has 0 aliphatic heterocycles. The van der Waals surface area contributed by atoms with Gasteiger partial charge in [-0.25, -0.2) is 9.18 Å². The number of hydrogen-bond acceptors (Lipinski definition) is 5. The second-order valence-corrected chi connectivity index (χ2v) is 4.44. The number of halogens is 3. The fourth-order valence-electron chi connectivity index (χ4n) is 1.30. The van der Waals surface area contributed by atoms with Crippen LogP contribution in [0.15, 0.2) is 27.3 Å². The van der Waals surface area contributed by atoms with Gasteiger partial charge in [0, 0.05) is 4.47 Å². The van der Waals surface area contributed by atoms with Crippen LogP contribution in [0, 0.1) is 11.6 Å². The molecule has 0 radical (unpaired) electrons. The minimum absolute atomic E-state index is 0.127. The van der Waals surface area contributed by atoms with Gasteiger partial charge in [-0.15, -0.1) is 0 Å². The highest BCUT2D eigenvalue weighted by Gasteiger charge is 2.17. The molecule has 8 heteroatoms. The van der Waals surface area contributed by atoms with E-state index in [4.69, 9.17) is 13.9 Å². The summed E-state index contributed by atoms with van der Waals surface area (Å²) in [6.07, 6.45) is 0.601. The lowest BCUT2D eigenvalue weighted by Crippen LogP contribution is -2.04. The number of ether oxygens (including phenoxy) is 2. The molecule has 0 aliphatic carbocycles. The number of esters is 1. The van der Waals surface area contributed by atoms with Gasteiger partial charge in [-0.05, 0) is 19.1 Å². The van der Waals surface area contributed by atoms with E-state index in [2.05, 4.69) is 20.9 Å². The molecule has 0 amide bonds. The van der Waals surface area contributed by atoms with E-state index in [9.17, 15) is 13.6 Å². The molecule has 20 heavy (non-hydrogen) atoms. The minimum Gasteiger partial charge on any atom is -0.461 e. The summed E-state index contributed by atoms with van der Waals surface area (Å²) in [5, 5.41) is 0. The van der Waals surface area contributed by atoms with E-state index < -0.39 is 29.4 Å². The average Bonchev–Trinajstić information content (AvgIpc) is 2.84. The van der Waals surface area contributed by atoms with Crippen LogP contribution in [-0.2, 0) is 4.74 Å². The second kappa shape index (κ2) is 6.00. The van der Waals surface area contributed by atoms with Crippen LogP contribution in [0.25, 0.3) is 0 Å². The zero-order chi connectivity index (χ0) is 14.7. The van der Waals surface area contributed by atoms with Crippen LogP contribution in [0.3, 0.4) is 0 Å². The molecule has 0 atom stereocenters. The Labute approximate surface area is 120 Å². The number of hydrogen-bond donors (Lipinski definition) is 0. The summed E-state index contributed by atoms with van der Waals surface area (Å²) in [4.78, 5) is 15.0.